The van der Waals surface area contributed by atoms with E-state index >= 15 is 0 Å². The second-order valence-corrected chi connectivity index (χ2v) is 7.72. The van der Waals surface area contributed by atoms with E-state index in [9.17, 15) is 4.79 Å². The number of likely N-dealkylation sites (N-methyl/N-ethyl adjacent to an activating group) is 1. The Morgan fingerprint density at radius 3 is 2.50 bits per heavy atom. The molecule has 1 unspecified atom stereocenters. The number of nitrogens with zero attached hydrogens (tertiary/aromatic N) is 4. The van der Waals surface area contributed by atoms with Gasteiger partial charge in [0, 0.05) is 38.6 Å². The zero-order chi connectivity index (χ0) is 17.1. The van der Waals surface area contributed by atoms with Crippen molar-refractivity contribution in [2.24, 2.45) is 5.92 Å². The van der Waals surface area contributed by atoms with E-state index in [4.69, 9.17) is 11.6 Å². The summed E-state index contributed by atoms with van der Waals surface area (Å²) >= 11 is 5.76. The molecule has 1 saturated carbocycles. The zero-order valence-corrected chi connectivity index (χ0v) is 15.4. The highest BCUT2D eigenvalue weighted by atomic mass is 35.5. The van der Waals surface area contributed by atoms with Gasteiger partial charge in [0.1, 0.15) is 0 Å². The predicted octanol–water partition coefficient (Wildman–Crippen LogP) is 2.96. The first kappa shape index (κ1) is 17.6. The fraction of sp³-hybridized carbons (Fsp3) is 0.722. The van der Waals surface area contributed by atoms with E-state index in [1.165, 1.54) is 37.7 Å². The van der Waals surface area contributed by atoms with Crippen molar-refractivity contribution in [2.45, 2.75) is 51.0 Å². The Labute approximate surface area is 149 Å². The van der Waals surface area contributed by atoms with Crippen molar-refractivity contribution in [3.8, 4) is 0 Å². The largest absolute Gasteiger partial charge is 0.343 e. The van der Waals surface area contributed by atoms with E-state index in [0.717, 1.165) is 19.0 Å². The Morgan fingerprint density at radius 1 is 1.21 bits per heavy atom. The van der Waals surface area contributed by atoms with Crippen molar-refractivity contribution >= 4 is 17.5 Å². The summed E-state index contributed by atoms with van der Waals surface area (Å²) in [7, 11) is 1.90. The third-order valence-corrected chi connectivity index (χ3v) is 5.91. The summed E-state index contributed by atoms with van der Waals surface area (Å²) in [4.78, 5) is 24.3. The van der Waals surface area contributed by atoms with Gasteiger partial charge >= 0.3 is 0 Å². The van der Waals surface area contributed by atoms with Crippen LogP contribution >= 0.6 is 11.6 Å². The molecule has 0 bridgehead atoms. The number of rotatable bonds is 4. The van der Waals surface area contributed by atoms with E-state index < -0.39 is 0 Å². The molecule has 2 aliphatic rings. The van der Waals surface area contributed by atoms with Gasteiger partial charge in [-0.05, 0) is 61.1 Å². The van der Waals surface area contributed by atoms with Crippen LogP contribution in [0, 0.1) is 5.92 Å². The van der Waals surface area contributed by atoms with Crippen LogP contribution in [0.25, 0.3) is 0 Å². The second kappa shape index (κ2) is 7.79. The standard InChI is InChI=1S/C18H27ClN4O/c1-13(15-10-20-18(19)21-11-15)9-14-3-5-16(6-4-14)23-8-7-22(2)17(24)12-23/h10-11,13-14,16H,3-9,12H2,1-2H3/t13?,14-,16-. The van der Waals surface area contributed by atoms with Crippen molar-refractivity contribution in [2.75, 3.05) is 26.7 Å². The average Bonchev–Trinajstić information content (AvgIpc) is 2.58. The van der Waals surface area contributed by atoms with E-state index in [0.29, 0.717) is 23.8 Å². The maximum atomic E-state index is 11.9. The summed E-state index contributed by atoms with van der Waals surface area (Å²) in [6, 6.07) is 0.591. The van der Waals surface area contributed by atoms with Gasteiger partial charge in [0.05, 0.1) is 6.54 Å². The summed E-state index contributed by atoms with van der Waals surface area (Å²) in [5.41, 5.74) is 1.17. The molecular formula is C18H27ClN4O. The molecule has 0 N–H and O–H groups in total. The van der Waals surface area contributed by atoms with E-state index in [1.807, 2.05) is 24.3 Å². The minimum Gasteiger partial charge on any atom is -0.343 e. The van der Waals surface area contributed by atoms with Crippen LogP contribution in [0.4, 0.5) is 0 Å². The first-order valence-corrected chi connectivity index (χ1v) is 9.36. The first-order chi connectivity index (χ1) is 11.5. The quantitative estimate of drug-likeness (QED) is 0.783. The average molecular weight is 351 g/mol. The lowest BCUT2D eigenvalue weighted by molar-refractivity contribution is -0.135. The summed E-state index contributed by atoms with van der Waals surface area (Å²) in [5.74, 6) is 1.49. The third kappa shape index (κ3) is 4.25. The molecule has 1 aliphatic carbocycles. The lowest BCUT2D eigenvalue weighted by atomic mass is 9.79. The number of halogens is 1. The Kier molecular flexibility index (Phi) is 5.72. The maximum absolute atomic E-state index is 11.9. The molecule has 6 heteroatoms. The van der Waals surface area contributed by atoms with Gasteiger partial charge in [0.15, 0.2) is 0 Å². The van der Waals surface area contributed by atoms with Crippen molar-refractivity contribution in [1.82, 2.24) is 19.8 Å². The highest BCUT2D eigenvalue weighted by Crippen LogP contribution is 2.34. The Balaban J connectivity index is 1.46. The lowest BCUT2D eigenvalue weighted by Crippen LogP contribution is -2.52. The van der Waals surface area contributed by atoms with Crippen LogP contribution in [0.2, 0.25) is 5.28 Å². The SMILES string of the molecule is CC(C[C@H]1CC[C@H](N2CCN(C)C(=O)C2)CC1)c1cnc(Cl)nc1. The van der Waals surface area contributed by atoms with Crippen molar-refractivity contribution < 1.29 is 4.79 Å². The van der Waals surface area contributed by atoms with Gasteiger partial charge in [-0.15, -0.1) is 0 Å². The van der Waals surface area contributed by atoms with Gasteiger partial charge < -0.3 is 4.90 Å². The van der Waals surface area contributed by atoms with Crippen LogP contribution in [-0.4, -0.2) is 58.4 Å². The van der Waals surface area contributed by atoms with Crippen molar-refractivity contribution in [1.29, 1.82) is 0 Å². The minimum atomic E-state index is 0.264. The molecule has 1 saturated heterocycles. The van der Waals surface area contributed by atoms with Gasteiger partial charge in [-0.2, -0.15) is 0 Å². The Bertz CT molecular complexity index is 557. The Hall–Kier alpha value is -1.20. The molecule has 3 rings (SSSR count). The molecule has 5 nitrogen and oxygen atoms in total. The zero-order valence-electron chi connectivity index (χ0n) is 14.6. The first-order valence-electron chi connectivity index (χ1n) is 8.98. The van der Waals surface area contributed by atoms with Crippen molar-refractivity contribution in [3.05, 3.63) is 23.2 Å². The minimum absolute atomic E-state index is 0.264. The molecule has 132 valence electrons. The Morgan fingerprint density at radius 2 is 1.88 bits per heavy atom. The molecule has 1 aromatic rings. The number of piperazine rings is 1. The van der Waals surface area contributed by atoms with Gasteiger partial charge in [-0.1, -0.05) is 6.92 Å². The van der Waals surface area contributed by atoms with Crippen LogP contribution in [0.3, 0.4) is 0 Å². The molecule has 24 heavy (non-hydrogen) atoms. The van der Waals surface area contributed by atoms with Crippen LogP contribution < -0.4 is 0 Å². The van der Waals surface area contributed by atoms with Crippen molar-refractivity contribution in [3.63, 3.8) is 0 Å². The molecule has 1 atom stereocenters. The highest BCUT2D eigenvalue weighted by molar-refractivity contribution is 6.28. The molecule has 0 radical (unpaired) electrons. The fourth-order valence-corrected chi connectivity index (χ4v) is 4.14. The molecule has 1 aliphatic heterocycles. The molecule has 2 heterocycles. The smallest absolute Gasteiger partial charge is 0.236 e. The van der Waals surface area contributed by atoms with Crippen LogP contribution in [0.1, 0.15) is 50.5 Å². The van der Waals surface area contributed by atoms with Gasteiger partial charge in [-0.3, -0.25) is 9.69 Å². The normalized spacial score (nSPS) is 27.3. The molecule has 0 spiro atoms. The number of carbonyl (C=O) groups is 1. The molecule has 0 aromatic carbocycles. The van der Waals surface area contributed by atoms with E-state index in [1.54, 1.807) is 0 Å². The van der Waals surface area contributed by atoms with E-state index in [-0.39, 0.29) is 5.91 Å². The molecule has 1 amide bonds. The number of aromatic nitrogens is 2. The van der Waals surface area contributed by atoms with E-state index in [2.05, 4.69) is 21.8 Å². The number of hydrogen-bond donors (Lipinski definition) is 0. The molecular weight excluding hydrogens is 324 g/mol. The van der Waals surface area contributed by atoms with Crippen LogP contribution in [0.5, 0.6) is 0 Å². The molecule has 1 aromatic heterocycles. The van der Waals surface area contributed by atoms with Gasteiger partial charge in [0.25, 0.3) is 0 Å². The summed E-state index contributed by atoms with van der Waals surface area (Å²) in [5, 5.41) is 0.313. The number of hydrogen-bond acceptors (Lipinski definition) is 4. The molecule has 2 fully saturated rings. The highest BCUT2D eigenvalue weighted by Gasteiger charge is 2.30. The van der Waals surface area contributed by atoms with Gasteiger partial charge in [-0.25, -0.2) is 9.97 Å². The lowest BCUT2D eigenvalue weighted by Gasteiger charge is -2.41. The number of amides is 1. The fourth-order valence-electron chi connectivity index (χ4n) is 4.05. The summed E-state index contributed by atoms with van der Waals surface area (Å²) < 4.78 is 0. The van der Waals surface area contributed by atoms with Crippen LogP contribution in [0.15, 0.2) is 12.4 Å². The monoisotopic (exact) mass is 350 g/mol. The predicted molar refractivity (Wildman–Crippen MR) is 95.0 cm³/mol. The van der Waals surface area contributed by atoms with Crippen LogP contribution in [-0.2, 0) is 4.79 Å². The summed E-state index contributed by atoms with van der Waals surface area (Å²) in [6.07, 6.45) is 9.81. The number of carbonyl (C=O) groups excluding carboxylic acids is 1. The maximum Gasteiger partial charge on any atom is 0.236 e. The van der Waals surface area contributed by atoms with Gasteiger partial charge in [0.2, 0.25) is 11.2 Å². The topological polar surface area (TPSA) is 49.3 Å². The summed E-state index contributed by atoms with van der Waals surface area (Å²) in [6.45, 7) is 4.74. The second-order valence-electron chi connectivity index (χ2n) is 7.38. The third-order valence-electron chi connectivity index (χ3n) is 5.72.